The standard InChI is InChI=1S/C12H12ClN3O2S/c13-8-1-3-9(4-2-8)16-12-6-5-10(7-11(12)14)19(15,17)18/h1-7,16H,14H2,(H2,15,17,18). The van der Waals surface area contributed by atoms with Crippen LogP contribution in [0.4, 0.5) is 17.1 Å². The quantitative estimate of drug-likeness (QED) is 0.757. The summed E-state index contributed by atoms with van der Waals surface area (Å²) in [4.78, 5) is -0.0216. The van der Waals surface area contributed by atoms with E-state index in [-0.39, 0.29) is 4.90 Å². The molecule has 2 rings (SSSR count). The zero-order valence-corrected chi connectivity index (χ0v) is 11.4. The third-order valence-corrected chi connectivity index (χ3v) is 3.64. The van der Waals surface area contributed by atoms with Gasteiger partial charge in [-0.3, -0.25) is 0 Å². The third kappa shape index (κ3) is 3.37. The number of anilines is 3. The lowest BCUT2D eigenvalue weighted by atomic mass is 10.2. The second kappa shape index (κ2) is 5.08. The van der Waals surface area contributed by atoms with Gasteiger partial charge in [0.15, 0.2) is 0 Å². The van der Waals surface area contributed by atoms with Crippen molar-refractivity contribution in [3.05, 3.63) is 47.5 Å². The summed E-state index contributed by atoms with van der Waals surface area (Å²) in [7, 11) is -3.75. The van der Waals surface area contributed by atoms with Gasteiger partial charge in [0.05, 0.1) is 16.3 Å². The highest BCUT2D eigenvalue weighted by Crippen LogP contribution is 2.26. The molecular formula is C12H12ClN3O2S. The van der Waals surface area contributed by atoms with Crippen LogP contribution in [0, 0.1) is 0 Å². The topological polar surface area (TPSA) is 98.2 Å². The summed E-state index contributed by atoms with van der Waals surface area (Å²) in [5.74, 6) is 0. The highest BCUT2D eigenvalue weighted by molar-refractivity contribution is 7.89. The molecule has 0 radical (unpaired) electrons. The summed E-state index contributed by atoms with van der Waals surface area (Å²) in [6.07, 6.45) is 0. The van der Waals surface area contributed by atoms with Crippen molar-refractivity contribution in [3.8, 4) is 0 Å². The van der Waals surface area contributed by atoms with E-state index in [2.05, 4.69) is 5.32 Å². The van der Waals surface area contributed by atoms with Crippen LogP contribution in [-0.2, 0) is 10.0 Å². The number of primary sulfonamides is 1. The monoisotopic (exact) mass is 297 g/mol. The molecule has 2 aromatic rings. The summed E-state index contributed by atoms with van der Waals surface area (Å²) < 4.78 is 22.4. The van der Waals surface area contributed by atoms with E-state index in [0.29, 0.717) is 16.4 Å². The van der Waals surface area contributed by atoms with Crippen LogP contribution in [0.3, 0.4) is 0 Å². The van der Waals surface area contributed by atoms with Crippen LogP contribution < -0.4 is 16.2 Å². The van der Waals surface area contributed by atoms with Crippen LogP contribution in [0.1, 0.15) is 0 Å². The van der Waals surface area contributed by atoms with E-state index in [4.69, 9.17) is 22.5 Å². The Morgan fingerprint density at radius 3 is 2.21 bits per heavy atom. The fraction of sp³-hybridized carbons (Fsp3) is 0. The summed E-state index contributed by atoms with van der Waals surface area (Å²) in [6.45, 7) is 0. The van der Waals surface area contributed by atoms with Gasteiger partial charge in [-0.2, -0.15) is 0 Å². The molecule has 19 heavy (non-hydrogen) atoms. The Balaban J connectivity index is 2.29. The molecule has 0 saturated carbocycles. The maximum Gasteiger partial charge on any atom is 0.238 e. The minimum Gasteiger partial charge on any atom is -0.397 e. The van der Waals surface area contributed by atoms with Crippen molar-refractivity contribution in [1.29, 1.82) is 0 Å². The van der Waals surface area contributed by atoms with Crippen molar-refractivity contribution in [2.45, 2.75) is 4.90 Å². The molecule has 0 unspecified atom stereocenters. The summed E-state index contributed by atoms with van der Waals surface area (Å²) in [5.41, 5.74) is 7.46. The summed E-state index contributed by atoms with van der Waals surface area (Å²) in [6, 6.07) is 11.3. The van der Waals surface area contributed by atoms with Crippen molar-refractivity contribution in [1.82, 2.24) is 0 Å². The Morgan fingerprint density at radius 2 is 1.68 bits per heavy atom. The lowest BCUT2D eigenvalue weighted by Gasteiger charge is -2.10. The predicted octanol–water partition coefficient (Wildman–Crippen LogP) is 2.31. The van der Waals surface area contributed by atoms with Gasteiger partial charge in [0.1, 0.15) is 0 Å². The second-order valence-corrected chi connectivity index (χ2v) is 5.92. The van der Waals surface area contributed by atoms with Gasteiger partial charge in [0.25, 0.3) is 0 Å². The number of rotatable bonds is 3. The molecule has 0 aliphatic carbocycles. The first-order chi connectivity index (χ1) is 8.86. The van der Waals surface area contributed by atoms with E-state index < -0.39 is 10.0 Å². The molecule has 0 fully saturated rings. The number of nitrogens with two attached hydrogens (primary N) is 2. The zero-order valence-electron chi connectivity index (χ0n) is 9.80. The van der Waals surface area contributed by atoms with Crippen molar-refractivity contribution in [2.75, 3.05) is 11.1 Å². The normalized spacial score (nSPS) is 11.3. The van der Waals surface area contributed by atoms with E-state index in [1.54, 1.807) is 30.3 Å². The van der Waals surface area contributed by atoms with Crippen LogP contribution in [0.2, 0.25) is 5.02 Å². The lowest BCUT2D eigenvalue weighted by Crippen LogP contribution is -2.12. The van der Waals surface area contributed by atoms with E-state index >= 15 is 0 Å². The molecule has 0 saturated heterocycles. The van der Waals surface area contributed by atoms with E-state index in [1.807, 2.05) is 0 Å². The summed E-state index contributed by atoms with van der Waals surface area (Å²) in [5, 5.41) is 8.71. The average molecular weight is 298 g/mol. The van der Waals surface area contributed by atoms with Crippen LogP contribution in [0.25, 0.3) is 0 Å². The minimum absolute atomic E-state index is 0.0216. The highest BCUT2D eigenvalue weighted by Gasteiger charge is 2.10. The van der Waals surface area contributed by atoms with Crippen molar-refractivity contribution < 1.29 is 8.42 Å². The highest BCUT2D eigenvalue weighted by atomic mass is 35.5. The Bertz CT molecular complexity index is 699. The van der Waals surface area contributed by atoms with Crippen LogP contribution in [-0.4, -0.2) is 8.42 Å². The molecule has 0 aliphatic heterocycles. The summed E-state index contributed by atoms with van der Waals surface area (Å²) >= 11 is 5.78. The Morgan fingerprint density at radius 1 is 1.05 bits per heavy atom. The van der Waals surface area contributed by atoms with Gasteiger partial charge in [0, 0.05) is 10.7 Å². The Hall–Kier alpha value is -1.76. The first-order valence-corrected chi connectivity index (χ1v) is 7.23. The molecule has 0 aromatic heterocycles. The van der Waals surface area contributed by atoms with E-state index in [9.17, 15) is 8.42 Å². The second-order valence-electron chi connectivity index (χ2n) is 3.93. The largest absolute Gasteiger partial charge is 0.397 e. The van der Waals surface area contributed by atoms with E-state index in [0.717, 1.165) is 5.69 Å². The smallest absolute Gasteiger partial charge is 0.238 e. The molecule has 0 heterocycles. The van der Waals surface area contributed by atoms with Gasteiger partial charge in [-0.1, -0.05) is 11.6 Å². The first-order valence-electron chi connectivity index (χ1n) is 5.31. The number of nitrogens with one attached hydrogen (secondary N) is 1. The number of hydrogen-bond acceptors (Lipinski definition) is 4. The zero-order chi connectivity index (χ0) is 14.0. The number of halogens is 1. The van der Waals surface area contributed by atoms with Crippen LogP contribution >= 0.6 is 11.6 Å². The predicted molar refractivity (Wildman–Crippen MR) is 77.0 cm³/mol. The molecule has 5 N–H and O–H groups in total. The maximum atomic E-state index is 11.2. The SMILES string of the molecule is Nc1cc(S(N)(=O)=O)ccc1Nc1ccc(Cl)cc1. The first kappa shape index (κ1) is 13.7. The molecule has 0 spiro atoms. The van der Waals surface area contributed by atoms with Crippen molar-refractivity contribution >= 4 is 38.7 Å². The van der Waals surface area contributed by atoms with Crippen LogP contribution in [0.15, 0.2) is 47.4 Å². The molecule has 0 bridgehead atoms. The average Bonchev–Trinajstić information content (AvgIpc) is 2.33. The molecule has 0 atom stereocenters. The van der Waals surface area contributed by atoms with Gasteiger partial charge in [-0.05, 0) is 42.5 Å². The molecule has 0 amide bonds. The van der Waals surface area contributed by atoms with Gasteiger partial charge in [-0.15, -0.1) is 0 Å². The number of benzene rings is 2. The van der Waals surface area contributed by atoms with Gasteiger partial charge in [-0.25, -0.2) is 13.6 Å². The fourth-order valence-corrected chi connectivity index (χ4v) is 2.20. The Kier molecular flexibility index (Phi) is 3.66. The van der Waals surface area contributed by atoms with E-state index in [1.165, 1.54) is 12.1 Å². The van der Waals surface area contributed by atoms with Gasteiger partial charge >= 0.3 is 0 Å². The molecule has 100 valence electrons. The van der Waals surface area contributed by atoms with Gasteiger partial charge in [0.2, 0.25) is 10.0 Å². The van der Waals surface area contributed by atoms with Crippen molar-refractivity contribution in [3.63, 3.8) is 0 Å². The number of hydrogen-bond donors (Lipinski definition) is 3. The fourth-order valence-electron chi connectivity index (χ4n) is 1.52. The molecule has 0 aliphatic rings. The number of nitrogen functional groups attached to an aromatic ring is 1. The van der Waals surface area contributed by atoms with Crippen LogP contribution in [0.5, 0.6) is 0 Å². The minimum atomic E-state index is -3.75. The molecule has 5 nitrogen and oxygen atoms in total. The molecule has 7 heteroatoms. The number of sulfonamides is 1. The van der Waals surface area contributed by atoms with Crippen molar-refractivity contribution in [2.24, 2.45) is 5.14 Å². The van der Waals surface area contributed by atoms with Gasteiger partial charge < -0.3 is 11.1 Å². The maximum absolute atomic E-state index is 11.2. The third-order valence-electron chi connectivity index (χ3n) is 2.47. The molecular weight excluding hydrogens is 286 g/mol. The Labute approximate surface area is 116 Å². The lowest BCUT2D eigenvalue weighted by molar-refractivity contribution is 0.598. The molecule has 2 aromatic carbocycles.